The molecule has 2 aromatic rings. The van der Waals surface area contributed by atoms with Crippen LogP contribution in [0.4, 0.5) is 0 Å². The predicted octanol–water partition coefficient (Wildman–Crippen LogP) is 1.99. The third kappa shape index (κ3) is 2.42. The van der Waals surface area contributed by atoms with Crippen molar-refractivity contribution in [2.24, 2.45) is 0 Å². The lowest BCUT2D eigenvalue weighted by Crippen LogP contribution is -2.06. The Morgan fingerprint density at radius 2 is 2.35 bits per heavy atom. The second-order valence-corrected chi connectivity index (χ2v) is 4.50. The van der Waals surface area contributed by atoms with Gasteiger partial charge in [0.05, 0.1) is 23.2 Å². The topological polar surface area (TPSA) is 64.4 Å². The monoisotopic (exact) mass is 346 g/mol. The van der Waals surface area contributed by atoms with Crippen molar-refractivity contribution < 1.29 is 14.6 Å². The summed E-state index contributed by atoms with van der Waals surface area (Å²) < 4.78 is 7.81. The van der Waals surface area contributed by atoms with Gasteiger partial charge in [0.2, 0.25) is 0 Å². The molecule has 0 fully saturated rings. The van der Waals surface area contributed by atoms with Crippen LogP contribution in [0.2, 0.25) is 0 Å². The molecule has 0 amide bonds. The molecule has 0 aliphatic rings. The number of aromatic nitrogens is 2. The number of benzene rings is 1. The van der Waals surface area contributed by atoms with Gasteiger partial charge in [-0.2, -0.15) is 0 Å². The Kier molecular flexibility index (Phi) is 3.63. The summed E-state index contributed by atoms with van der Waals surface area (Å²) in [5.74, 6) is -0.929. The van der Waals surface area contributed by atoms with Crippen molar-refractivity contribution in [2.45, 2.75) is 6.54 Å². The van der Waals surface area contributed by atoms with Crippen LogP contribution in [0.3, 0.4) is 0 Å². The number of carboxylic acid groups (broad SMARTS) is 1. The summed E-state index contributed by atoms with van der Waals surface area (Å²) >= 11 is 2.13. The predicted molar refractivity (Wildman–Crippen MR) is 71.3 cm³/mol. The summed E-state index contributed by atoms with van der Waals surface area (Å²) in [6, 6.07) is 4.93. The fourth-order valence-electron chi connectivity index (χ4n) is 1.62. The van der Waals surface area contributed by atoms with Gasteiger partial charge in [-0.1, -0.05) is 0 Å². The number of halogens is 1. The number of imidazole rings is 1. The van der Waals surface area contributed by atoms with E-state index in [1.165, 1.54) is 0 Å². The van der Waals surface area contributed by atoms with E-state index < -0.39 is 5.97 Å². The molecule has 1 aromatic carbocycles. The van der Waals surface area contributed by atoms with Gasteiger partial charge >= 0.3 is 5.97 Å². The van der Waals surface area contributed by atoms with Gasteiger partial charge in [-0.15, -0.1) is 0 Å². The summed E-state index contributed by atoms with van der Waals surface area (Å²) in [4.78, 5) is 15.3. The molecule has 1 aromatic heterocycles. The van der Waals surface area contributed by atoms with Crippen LogP contribution in [0.5, 0.6) is 0 Å². The van der Waals surface area contributed by atoms with Crippen LogP contribution in [-0.2, 0) is 11.3 Å². The first-order chi connectivity index (χ1) is 8.13. The molecule has 0 aliphatic carbocycles. The molecule has 5 nitrogen and oxygen atoms in total. The van der Waals surface area contributed by atoms with E-state index in [1.807, 2.05) is 4.57 Å². The molecule has 0 spiro atoms. The summed E-state index contributed by atoms with van der Waals surface area (Å²) in [7, 11) is 1.63. The lowest BCUT2D eigenvalue weighted by atomic mass is 10.2. The number of fused-ring (bicyclic) bond motifs is 1. The summed E-state index contributed by atoms with van der Waals surface area (Å²) in [6.07, 6.45) is 0. The van der Waals surface area contributed by atoms with Crippen molar-refractivity contribution in [3.63, 3.8) is 0 Å². The van der Waals surface area contributed by atoms with Gasteiger partial charge in [0.15, 0.2) is 3.83 Å². The zero-order chi connectivity index (χ0) is 12.4. The van der Waals surface area contributed by atoms with Crippen LogP contribution in [0.1, 0.15) is 10.4 Å². The molecule has 0 unspecified atom stereocenters. The number of ether oxygens (including phenoxy) is 1. The summed E-state index contributed by atoms with van der Waals surface area (Å²) in [5.41, 5.74) is 1.90. The van der Waals surface area contributed by atoms with E-state index in [1.54, 1.807) is 25.3 Å². The lowest BCUT2D eigenvalue weighted by molar-refractivity contribution is 0.0697. The number of methoxy groups -OCH3 is 1. The van der Waals surface area contributed by atoms with E-state index in [0.717, 1.165) is 14.9 Å². The molecule has 0 saturated carbocycles. The summed E-state index contributed by atoms with van der Waals surface area (Å²) in [5, 5.41) is 8.96. The van der Waals surface area contributed by atoms with Gasteiger partial charge in [-0.3, -0.25) is 0 Å². The zero-order valence-electron chi connectivity index (χ0n) is 9.18. The number of aromatic carboxylic acids is 1. The van der Waals surface area contributed by atoms with E-state index in [-0.39, 0.29) is 5.56 Å². The molecule has 17 heavy (non-hydrogen) atoms. The maximum Gasteiger partial charge on any atom is 0.335 e. The normalized spacial score (nSPS) is 10.9. The zero-order valence-corrected chi connectivity index (χ0v) is 11.3. The molecule has 0 bridgehead atoms. The molecule has 0 radical (unpaired) electrons. The maximum absolute atomic E-state index is 10.9. The van der Waals surface area contributed by atoms with Crippen molar-refractivity contribution in [1.82, 2.24) is 9.55 Å². The largest absolute Gasteiger partial charge is 0.478 e. The standard InChI is InChI=1S/C11H11IN2O3/c1-17-5-4-14-9-6-7(10(15)16)2-3-8(9)13-11(14)12/h2-3,6H,4-5H2,1H3,(H,15,16). The minimum Gasteiger partial charge on any atom is -0.478 e. The average molecular weight is 346 g/mol. The molecule has 2 rings (SSSR count). The summed E-state index contributed by atoms with van der Waals surface area (Å²) in [6.45, 7) is 1.23. The lowest BCUT2D eigenvalue weighted by Gasteiger charge is -2.05. The number of rotatable bonds is 4. The molecular weight excluding hydrogens is 335 g/mol. The van der Waals surface area contributed by atoms with E-state index in [0.29, 0.717) is 13.2 Å². The van der Waals surface area contributed by atoms with E-state index >= 15 is 0 Å². The highest BCUT2D eigenvalue weighted by Crippen LogP contribution is 2.19. The van der Waals surface area contributed by atoms with Gasteiger partial charge in [0.1, 0.15) is 0 Å². The molecule has 1 heterocycles. The second-order valence-electron chi connectivity index (χ2n) is 3.53. The van der Waals surface area contributed by atoms with Gasteiger partial charge < -0.3 is 14.4 Å². The molecule has 0 atom stereocenters. The molecule has 0 saturated heterocycles. The van der Waals surface area contributed by atoms with Crippen LogP contribution in [-0.4, -0.2) is 34.3 Å². The van der Waals surface area contributed by atoms with Gasteiger partial charge in [0.25, 0.3) is 0 Å². The first-order valence-electron chi connectivity index (χ1n) is 5.01. The third-order valence-electron chi connectivity index (χ3n) is 2.47. The number of carboxylic acids is 1. The van der Waals surface area contributed by atoms with Crippen LogP contribution in [0.25, 0.3) is 11.0 Å². The Labute approximate surface area is 112 Å². The smallest absolute Gasteiger partial charge is 0.335 e. The van der Waals surface area contributed by atoms with Crippen LogP contribution in [0, 0.1) is 3.83 Å². The number of carbonyl (C=O) groups is 1. The van der Waals surface area contributed by atoms with Crippen LogP contribution < -0.4 is 0 Å². The average Bonchev–Trinajstić information content (AvgIpc) is 2.61. The fraction of sp³-hybridized carbons (Fsp3) is 0.273. The van der Waals surface area contributed by atoms with E-state index in [2.05, 4.69) is 27.6 Å². The SMILES string of the molecule is COCCn1c(I)nc2ccc(C(=O)O)cc21. The molecular formula is C11H11IN2O3. The Bertz CT molecular complexity index is 565. The Balaban J connectivity index is 2.52. The minimum absolute atomic E-state index is 0.271. The highest BCUT2D eigenvalue weighted by atomic mass is 127. The molecule has 1 N–H and O–H groups in total. The number of hydrogen-bond acceptors (Lipinski definition) is 3. The quantitative estimate of drug-likeness (QED) is 0.860. The van der Waals surface area contributed by atoms with Crippen molar-refractivity contribution in [2.75, 3.05) is 13.7 Å². The molecule has 6 heteroatoms. The van der Waals surface area contributed by atoms with Crippen molar-refractivity contribution in [3.8, 4) is 0 Å². The third-order valence-corrected chi connectivity index (χ3v) is 3.29. The first-order valence-corrected chi connectivity index (χ1v) is 6.09. The Morgan fingerprint density at radius 3 is 3.00 bits per heavy atom. The van der Waals surface area contributed by atoms with E-state index in [4.69, 9.17) is 9.84 Å². The maximum atomic E-state index is 10.9. The van der Waals surface area contributed by atoms with Gasteiger partial charge in [-0.25, -0.2) is 9.78 Å². The molecule has 0 aliphatic heterocycles. The van der Waals surface area contributed by atoms with E-state index in [9.17, 15) is 4.79 Å². The highest BCUT2D eigenvalue weighted by molar-refractivity contribution is 14.1. The Hall–Kier alpha value is -1.15. The second kappa shape index (κ2) is 5.01. The first kappa shape index (κ1) is 12.3. The van der Waals surface area contributed by atoms with Crippen molar-refractivity contribution in [3.05, 3.63) is 27.6 Å². The minimum atomic E-state index is -0.929. The van der Waals surface area contributed by atoms with Crippen LogP contribution >= 0.6 is 22.6 Å². The van der Waals surface area contributed by atoms with Crippen molar-refractivity contribution in [1.29, 1.82) is 0 Å². The molecule has 90 valence electrons. The van der Waals surface area contributed by atoms with Gasteiger partial charge in [-0.05, 0) is 40.8 Å². The fourth-order valence-corrected chi connectivity index (χ4v) is 2.38. The number of nitrogens with zero attached hydrogens (tertiary/aromatic N) is 2. The number of hydrogen-bond donors (Lipinski definition) is 1. The Morgan fingerprint density at radius 1 is 1.59 bits per heavy atom. The highest BCUT2D eigenvalue weighted by Gasteiger charge is 2.11. The van der Waals surface area contributed by atoms with Crippen molar-refractivity contribution >= 4 is 39.6 Å². The van der Waals surface area contributed by atoms with Gasteiger partial charge in [0, 0.05) is 13.7 Å². The van der Waals surface area contributed by atoms with Crippen LogP contribution in [0.15, 0.2) is 18.2 Å².